The Balaban J connectivity index is 3.25. The maximum atomic E-state index is 11.2. The van der Waals surface area contributed by atoms with E-state index in [-0.39, 0.29) is 6.61 Å². The summed E-state index contributed by atoms with van der Waals surface area (Å²) in [6.07, 6.45) is 10.2. The highest BCUT2D eigenvalue weighted by atomic mass is 16.7. The van der Waals surface area contributed by atoms with E-state index in [1.54, 1.807) is 6.92 Å². The van der Waals surface area contributed by atoms with E-state index in [0.717, 1.165) is 19.3 Å². The fourth-order valence-corrected chi connectivity index (χ4v) is 1.87. The van der Waals surface area contributed by atoms with Crippen molar-refractivity contribution in [1.82, 2.24) is 0 Å². The van der Waals surface area contributed by atoms with Crippen molar-refractivity contribution in [3.05, 3.63) is 0 Å². The molecule has 19 heavy (non-hydrogen) atoms. The molecule has 4 heteroatoms. The number of carbonyl (C=O) groups is 2. The molecule has 112 valence electrons. The van der Waals surface area contributed by atoms with Crippen LogP contribution in [0.3, 0.4) is 0 Å². The minimum Gasteiger partial charge on any atom is -0.434 e. The van der Waals surface area contributed by atoms with Crippen LogP contribution in [0.1, 0.15) is 78.1 Å². The Hall–Kier alpha value is -1.06. The Bertz CT molecular complexity index is 238. The molecule has 0 aromatic rings. The number of esters is 1. The number of carbonyl (C=O) groups excluding carboxylic acids is 2. The van der Waals surface area contributed by atoms with Crippen LogP contribution < -0.4 is 0 Å². The number of hydrogen-bond acceptors (Lipinski definition) is 4. The van der Waals surface area contributed by atoms with Gasteiger partial charge in [0.05, 0.1) is 6.61 Å². The van der Waals surface area contributed by atoms with Gasteiger partial charge in [0.1, 0.15) is 0 Å². The maximum Gasteiger partial charge on any atom is 0.516 e. The van der Waals surface area contributed by atoms with Crippen LogP contribution in [0.4, 0.5) is 4.79 Å². The van der Waals surface area contributed by atoms with Crippen molar-refractivity contribution in [3.8, 4) is 0 Å². The first-order valence-corrected chi connectivity index (χ1v) is 7.58. The third kappa shape index (κ3) is 13.2. The summed E-state index contributed by atoms with van der Waals surface area (Å²) in [5.41, 5.74) is 0. The molecule has 0 aromatic heterocycles. The van der Waals surface area contributed by atoms with E-state index >= 15 is 0 Å². The summed E-state index contributed by atoms with van der Waals surface area (Å²) in [7, 11) is 0. The van der Waals surface area contributed by atoms with E-state index in [2.05, 4.69) is 16.4 Å². The summed E-state index contributed by atoms with van der Waals surface area (Å²) in [6, 6.07) is 0. The Morgan fingerprint density at radius 3 is 1.84 bits per heavy atom. The second-order valence-electron chi connectivity index (χ2n) is 4.74. The van der Waals surface area contributed by atoms with Gasteiger partial charge in [0.2, 0.25) is 0 Å². The van der Waals surface area contributed by atoms with Crippen LogP contribution in [0.2, 0.25) is 0 Å². The van der Waals surface area contributed by atoms with E-state index in [1.807, 2.05) is 0 Å². The van der Waals surface area contributed by atoms with Crippen molar-refractivity contribution in [1.29, 1.82) is 0 Å². The molecular weight excluding hydrogens is 244 g/mol. The molecule has 0 saturated heterocycles. The molecule has 0 heterocycles. The van der Waals surface area contributed by atoms with E-state index in [0.29, 0.717) is 6.42 Å². The first kappa shape index (κ1) is 17.9. The lowest BCUT2D eigenvalue weighted by molar-refractivity contribution is -0.139. The quantitative estimate of drug-likeness (QED) is 0.313. The zero-order valence-corrected chi connectivity index (χ0v) is 12.4. The van der Waals surface area contributed by atoms with Gasteiger partial charge in [-0.05, 0) is 13.3 Å². The molecule has 0 atom stereocenters. The summed E-state index contributed by atoms with van der Waals surface area (Å²) in [5.74, 6) is -0.485. The van der Waals surface area contributed by atoms with E-state index in [1.165, 1.54) is 38.5 Å². The highest BCUT2D eigenvalue weighted by molar-refractivity contribution is 5.81. The third-order valence-corrected chi connectivity index (χ3v) is 2.94. The summed E-state index contributed by atoms with van der Waals surface area (Å²) in [4.78, 5) is 22.1. The van der Waals surface area contributed by atoms with Crippen LogP contribution >= 0.6 is 0 Å². The molecule has 0 aromatic carbocycles. The molecule has 0 rings (SSSR count). The minimum atomic E-state index is -0.886. The smallest absolute Gasteiger partial charge is 0.434 e. The number of hydrogen-bond donors (Lipinski definition) is 0. The Kier molecular flexibility index (Phi) is 12.6. The molecule has 0 aliphatic rings. The monoisotopic (exact) mass is 272 g/mol. The van der Waals surface area contributed by atoms with Crippen molar-refractivity contribution in [2.75, 3.05) is 6.61 Å². The van der Waals surface area contributed by atoms with Crippen LogP contribution in [-0.4, -0.2) is 18.7 Å². The SMILES string of the molecule is CCCCCCCCCCCC(=O)OC(=O)OCC. The third-order valence-electron chi connectivity index (χ3n) is 2.94. The second kappa shape index (κ2) is 13.4. The average molecular weight is 272 g/mol. The lowest BCUT2D eigenvalue weighted by Crippen LogP contribution is -2.13. The Morgan fingerprint density at radius 1 is 0.789 bits per heavy atom. The van der Waals surface area contributed by atoms with Gasteiger partial charge in [-0.25, -0.2) is 4.79 Å². The van der Waals surface area contributed by atoms with Gasteiger partial charge < -0.3 is 9.47 Å². The number of ether oxygens (including phenoxy) is 2. The summed E-state index contributed by atoms with van der Waals surface area (Å²) < 4.78 is 8.98. The van der Waals surface area contributed by atoms with Gasteiger partial charge in [-0.2, -0.15) is 0 Å². The molecule has 4 nitrogen and oxygen atoms in total. The summed E-state index contributed by atoms with van der Waals surface area (Å²) in [5, 5.41) is 0. The fourth-order valence-electron chi connectivity index (χ4n) is 1.87. The van der Waals surface area contributed by atoms with Gasteiger partial charge in [-0.15, -0.1) is 0 Å². The molecular formula is C15H28O4. The standard InChI is InChI=1S/C15H28O4/c1-3-5-6-7-8-9-10-11-12-13-14(16)19-15(17)18-4-2/h3-13H2,1-2H3. The Labute approximate surface area is 116 Å². The normalized spacial score (nSPS) is 10.2. The van der Waals surface area contributed by atoms with Crippen LogP contribution in [0.5, 0.6) is 0 Å². The van der Waals surface area contributed by atoms with Crippen molar-refractivity contribution >= 4 is 12.1 Å². The van der Waals surface area contributed by atoms with Gasteiger partial charge in [0.15, 0.2) is 0 Å². The van der Waals surface area contributed by atoms with Crippen molar-refractivity contribution < 1.29 is 19.1 Å². The predicted molar refractivity (Wildman–Crippen MR) is 75.0 cm³/mol. The van der Waals surface area contributed by atoms with Gasteiger partial charge >= 0.3 is 12.1 Å². The van der Waals surface area contributed by atoms with Gasteiger partial charge in [0.25, 0.3) is 0 Å². The van der Waals surface area contributed by atoms with Crippen LogP contribution in [0.15, 0.2) is 0 Å². The van der Waals surface area contributed by atoms with Crippen molar-refractivity contribution in [2.45, 2.75) is 78.1 Å². The van der Waals surface area contributed by atoms with E-state index < -0.39 is 12.1 Å². The minimum absolute atomic E-state index is 0.226. The molecule has 0 saturated carbocycles. The van der Waals surface area contributed by atoms with E-state index in [9.17, 15) is 9.59 Å². The number of unbranched alkanes of at least 4 members (excludes halogenated alkanes) is 8. The molecule has 0 aliphatic heterocycles. The first-order chi connectivity index (χ1) is 9.20. The fraction of sp³-hybridized carbons (Fsp3) is 0.867. The lowest BCUT2D eigenvalue weighted by Gasteiger charge is -2.03. The molecule has 0 bridgehead atoms. The zero-order chi connectivity index (χ0) is 14.3. The van der Waals surface area contributed by atoms with Crippen LogP contribution in [0.25, 0.3) is 0 Å². The molecule has 0 unspecified atom stereocenters. The molecule has 0 amide bonds. The van der Waals surface area contributed by atoms with Gasteiger partial charge in [-0.1, -0.05) is 58.3 Å². The topological polar surface area (TPSA) is 52.6 Å². The first-order valence-electron chi connectivity index (χ1n) is 7.58. The summed E-state index contributed by atoms with van der Waals surface area (Å²) >= 11 is 0. The Morgan fingerprint density at radius 2 is 1.32 bits per heavy atom. The van der Waals surface area contributed by atoms with Crippen molar-refractivity contribution in [2.24, 2.45) is 0 Å². The largest absolute Gasteiger partial charge is 0.516 e. The van der Waals surface area contributed by atoms with E-state index in [4.69, 9.17) is 0 Å². The lowest BCUT2D eigenvalue weighted by atomic mass is 10.1. The van der Waals surface area contributed by atoms with Gasteiger partial charge in [-0.3, -0.25) is 4.79 Å². The molecule has 0 aliphatic carbocycles. The molecule has 0 N–H and O–H groups in total. The number of rotatable bonds is 11. The van der Waals surface area contributed by atoms with Crippen LogP contribution in [0, 0.1) is 0 Å². The molecule has 0 radical (unpaired) electrons. The average Bonchev–Trinajstić information content (AvgIpc) is 2.37. The maximum absolute atomic E-state index is 11.2. The molecule has 0 fully saturated rings. The highest BCUT2D eigenvalue weighted by Crippen LogP contribution is 2.10. The second-order valence-corrected chi connectivity index (χ2v) is 4.74. The zero-order valence-electron chi connectivity index (χ0n) is 12.4. The van der Waals surface area contributed by atoms with Crippen LogP contribution in [-0.2, 0) is 14.3 Å². The molecule has 0 spiro atoms. The van der Waals surface area contributed by atoms with Crippen molar-refractivity contribution in [3.63, 3.8) is 0 Å². The summed E-state index contributed by atoms with van der Waals surface area (Å²) in [6.45, 7) is 4.12. The van der Waals surface area contributed by atoms with Gasteiger partial charge in [0, 0.05) is 6.42 Å². The highest BCUT2D eigenvalue weighted by Gasteiger charge is 2.10. The predicted octanol–water partition coefficient (Wildman–Crippen LogP) is 4.61.